The number of nitrogens with one attached hydrogen (secondary N) is 1. The second kappa shape index (κ2) is 12.4. The summed E-state index contributed by atoms with van der Waals surface area (Å²) in [5.41, 5.74) is 0.944. The number of carbonyl (C=O) groups is 2. The second-order valence-corrected chi connectivity index (χ2v) is 12.9. The van der Waals surface area contributed by atoms with Crippen LogP contribution >= 0.6 is 0 Å². The van der Waals surface area contributed by atoms with Crippen LogP contribution in [0.1, 0.15) is 46.5 Å². The lowest BCUT2D eigenvalue weighted by molar-refractivity contribution is 0.0589. The maximum Gasteiger partial charge on any atom is 0.272 e. The Morgan fingerprint density at radius 2 is 1.52 bits per heavy atom. The van der Waals surface area contributed by atoms with Crippen molar-refractivity contribution < 1.29 is 31.9 Å². The number of pyridine rings is 2. The number of sulfone groups is 1. The summed E-state index contributed by atoms with van der Waals surface area (Å²) in [6.45, 7) is 0.963. The van der Waals surface area contributed by atoms with Crippen molar-refractivity contribution >= 4 is 27.3 Å². The molecule has 0 radical (unpaired) electrons. The van der Waals surface area contributed by atoms with Crippen LogP contribution in [0.4, 0.5) is 10.1 Å². The van der Waals surface area contributed by atoms with Crippen LogP contribution in [-0.2, 0) is 9.84 Å². The Bertz CT molecular complexity index is 1740. The van der Waals surface area contributed by atoms with E-state index in [2.05, 4.69) is 15.3 Å². The van der Waals surface area contributed by atoms with Crippen molar-refractivity contribution in [1.82, 2.24) is 14.9 Å². The third-order valence-electron chi connectivity index (χ3n) is 7.42. The standard InChI is InChI=1S/C32H29FN4O6S/c33-22-2-5-25(6-3-22)43-30-14-4-23(20-35-30)36-31(38)21-1-13-29(34-19-21)32(39)37-17-15-26(16-18-37)42-24-7-9-27(10-8-24)44(40,41)28-11-12-28/h1-10,13-14,19-20,26,28H,11-12,15-18H2,(H,36,38). The Hall–Kier alpha value is -4.84. The van der Waals surface area contributed by atoms with E-state index in [4.69, 9.17) is 9.47 Å². The summed E-state index contributed by atoms with van der Waals surface area (Å²) in [6.07, 6.45) is 5.38. The number of halogens is 1. The summed E-state index contributed by atoms with van der Waals surface area (Å²) in [6, 6.07) is 18.4. The minimum atomic E-state index is -3.24. The summed E-state index contributed by atoms with van der Waals surface area (Å²) in [5, 5.41) is 2.47. The zero-order valence-electron chi connectivity index (χ0n) is 23.6. The van der Waals surface area contributed by atoms with Gasteiger partial charge in [-0.15, -0.1) is 0 Å². The van der Waals surface area contributed by atoms with E-state index in [0.717, 1.165) is 12.8 Å². The van der Waals surface area contributed by atoms with Gasteiger partial charge in [-0.3, -0.25) is 14.6 Å². The molecule has 10 nitrogen and oxygen atoms in total. The van der Waals surface area contributed by atoms with E-state index in [1.807, 2.05) is 0 Å². The average Bonchev–Trinajstić information content (AvgIpc) is 3.90. The number of rotatable bonds is 9. The number of likely N-dealkylation sites (tertiary alicyclic amines) is 1. The molecular formula is C32H29FN4O6S. The Morgan fingerprint density at radius 3 is 2.14 bits per heavy atom. The molecule has 226 valence electrons. The molecule has 12 heteroatoms. The third kappa shape index (κ3) is 6.86. The highest BCUT2D eigenvalue weighted by Crippen LogP contribution is 2.34. The number of ether oxygens (including phenoxy) is 2. The van der Waals surface area contributed by atoms with Gasteiger partial charge in [0, 0.05) is 38.2 Å². The van der Waals surface area contributed by atoms with Gasteiger partial charge in [-0.25, -0.2) is 17.8 Å². The molecule has 0 bridgehead atoms. The fourth-order valence-electron chi connectivity index (χ4n) is 4.81. The molecule has 2 amide bonds. The zero-order chi connectivity index (χ0) is 30.7. The molecule has 1 N–H and O–H groups in total. The number of nitrogens with zero attached hydrogens (tertiary/aromatic N) is 3. The fourth-order valence-corrected chi connectivity index (χ4v) is 6.46. The van der Waals surface area contributed by atoms with E-state index in [-0.39, 0.29) is 40.2 Å². The molecule has 44 heavy (non-hydrogen) atoms. The van der Waals surface area contributed by atoms with Crippen molar-refractivity contribution in [2.24, 2.45) is 0 Å². The molecule has 2 aliphatic rings. The Labute approximate surface area is 253 Å². The summed E-state index contributed by atoms with van der Waals surface area (Å²) in [7, 11) is -3.24. The molecule has 1 aliphatic carbocycles. The number of amides is 2. The monoisotopic (exact) mass is 616 g/mol. The van der Waals surface area contributed by atoms with Gasteiger partial charge in [0.15, 0.2) is 9.84 Å². The smallest absolute Gasteiger partial charge is 0.272 e. The highest BCUT2D eigenvalue weighted by atomic mass is 32.2. The van der Waals surface area contributed by atoms with Gasteiger partial charge >= 0.3 is 0 Å². The van der Waals surface area contributed by atoms with Gasteiger partial charge in [-0.05, 0) is 79.6 Å². The Morgan fingerprint density at radius 1 is 0.818 bits per heavy atom. The van der Waals surface area contributed by atoms with Crippen molar-refractivity contribution in [1.29, 1.82) is 0 Å². The van der Waals surface area contributed by atoms with Crippen molar-refractivity contribution in [2.75, 3.05) is 18.4 Å². The summed E-state index contributed by atoms with van der Waals surface area (Å²) in [4.78, 5) is 36.1. The van der Waals surface area contributed by atoms with E-state index >= 15 is 0 Å². The molecule has 2 aromatic heterocycles. The number of hydrogen-bond acceptors (Lipinski definition) is 8. The highest BCUT2D eigenvalue weighted by Gasteiger charge is 2.36. The molecular weight excluding hydrogens is 587 g/mol. The first-order chi connectivity index (χ1) is 21.2. The van der Waals surface area contributed by atoms with Crippen LogP contribution in [0.25, 0.3) is 0 Å². The van der Waals surface area contributed by atoms with Gasteiger partial charge in [0.05, 0.1) is 27.6 Å². The maximum atomic E-state index is 13.1. The maximum absolute atomic E-state index is 13.1. The van der Waals surface area contributed by atoms with Crippen LogP contribution in [0.3, 0.4) is 0 Å². The molecule has 0 spiro atoms. The largest absolute Gasteiger partial charge is 0.490 e. The molecule has 0 unspecified atom stereocenters. The molecule has 1 saturated carbocycles. The SMILES string of the molecule is O=C(Nc1ccc(Oc2ccc(F)cc2)nc1)c1ccc(C(=O)N2CCC(Oc3ccc(S(=O)(=O)C4CC4)cc3)CC2)nc1. The normalized spacial score (nSPS) is 15.4. The molecule has 4 aromatic rings. The van der Waals surface area contributed by atoms with Crippen LogP contribution in [0.2, 0.25) is 0 Å². The summed E-state index contributed by atoms with van der Waals surface area (Å²) < 4.78 is 49.4. The van der Waals surface area contributed by atoms with Crippen molar-refractivity contribution in [3.8, 4) is 17.4 Å². The van der Waals surface area contributed by atoms with E-state index < -0.39 is 15.7 Å². The minimum Gasteiger partial charge on any atom is -0.490 e. The molecule has 1 aliphatic heterocycles. The Kier molecular flexibility index (Phi) is 8.25. The predicted molar refractivity (Wildman–Crippen MR) is 159 cm³/mol. The van der Waals surface area contributed by atoms with Crippen molar-refractivity contribution in [3.63, 3.8) is 0 Å². The lowest BCUT2D eigenvalue weighted by Gasteiger charge is -2.32. The molecule has 0 atom stereocenters. The van der Waals surface area contributed by atoms with Crippen LogP contribution in [0.5, 0.6) is 17.4 Å². The van der Waals surface area contributed by atoms with Gasteiger partial charge in [0.1, 0.15) is 29.1 Å². The molecule has 2 fully saturated rings. The molecule has 3 heterocycles. The minimum absolute atomic E-state index is 0.0954. The summed E-state index contributed by atoms with van der Waals surface area (Å²) in [5.74, 6) is 0.300. The number of hydrogen-bond donors (Lipinski definition) is 1. The predicted octanol–water partition coefficient (Wildman–Crippen LogP) is 5.28. The van der Waals surface area contributed by atoms with Crippen LogP contribution < -0.4 is 14.8 Å². The van der Waals surface area contributed by atoms with Crippen molar-refractivity contribution in [2.45, 2.75) is 41.9 Å². The van der Waals surface area contributed by atoms with E-state index in [1.165, 1.54) is 48.8 Å². The number of piperidine rings is 1. The lowest BCUT2D eigenvalue weighted by Crippen LogP contribution is -2.42. The fraction of sp³-hybridized carbons (Fsp3) is 0.250. The third-order valence-corrected chi connectivity index (χ3v) is 9.70. The van der Waals surface area contributed by atoms with Crippen LogP contribution in [0.15, 0.2) is 90.1 Å². The first kappa shape index (κ1) is 29.2. The average molecular weight is 617 g/mol. The van der Waals surface area contributed by atoms with Gasteiger partial charge in [0.2, 0.25) is 5.88 Å². The van der Waals surface area contributed by atoms with E-state index in [1.54, 1.807) is 41.3 Å². The highest BCUT2D eigenvalue weighted by molar-refractivity contribution is 7.92. The lowest BCUT2D eigenvalue weighted by atomic mass is 10.1. The van der Waals surface area contributed by atoms with Crippen LogP contribution in [0, 0.1) is 5.82 Å². The zero-order valence-corrected chi connectivity index (χ0v) is 24.4. The quantitative estimate of drug-likeness (QED) is 0.269. The Balaban J connectivity index is 0.973. The first-order valence-electron chi connectivity index (χ1n) is 14.2. The van der Waals surface area contributed by atoms with Gasteiger partial charge in [-0.1, -0.05) is 0 Å². The van der Waals surface area contributed by atoms with E-state index in [9.17, 15) is 22.4 Å². The topological polar surface area (TPSA) is 128 Å². The van der Waals surface area contributed by atoms with Gasteiger partial charge in [0.25, 0.3) is 11.8 Å². The molecule has 6 rings (SSSR count). The molecule has 2 aromatic carbocycles. The van der Waals surface area contributed by atoms with E-state index in [0.29, 0.717) is 48.0 Å². The molecule has 1 saturated heterocycles. The number of aromatic nitrogens is 2. The summed E-state index contributed by atoms with van der Waals surface area (Å²) >= 11 is 0. The second-order valence-electron chi connectivity index (χ2n) is 10.7. The van der Waals surface area contributed by atoms with Gasteiger partial charge in [-0.2, -0.15) is 0 Å². The van der Waals surface area contributed by atoms with Crippen LogP contribution in [-0.4, -0.2) is 59.5 Å². The van der Waals surface area contributed by atoms with Crippen molar-refractivity contribution in [3.05, 3.63) is 102 Å². The number of anilines is 1. The number of carbonyl (C=O) groups excluding carboxylic acids is 2. The van der Waals surface area contributed by atoms with Gasteiger partial charge < -0.3 is 19.7 Å². The number of benzene rings is 2. The first-order valence-corrected chi connectivity index (χ1v) is 15.8.